The Labute approximate surface area is 135 Å². The number of halogens is 1. The zero-order valence-corrected chi connectivity index (χ0v) is 15.7. The molecule has 1 atom stereocenters. The van der Waals surface area contributed by atoms with E-state index in [2.05, 4.69) is 15.9 Å². The van der Waals surface area contributed by atoms with Crippen LogP contribution in [0.3, 0.4) is 0 Å². The van der Waals surface area contributed by atoms with Crippen molar-refractivity contribution in [2.24, 2.45) is 0 Å². The molecule has 2 heterocycles. The van der Waals surface area contributed by atoms with Gasteiger partial charge in [-0.25, -0.2) is 16.8 Å². The Bertz CT molecular complexity index is 710. The lowest BCUT2D eigenvalue weighted by atomic mass is 10.5. The summed E-state index contributed by atoms with van der Waals surface area (Å²) in [7, 11) is -7.24. The molecule has 0 aliphatic carbocycles. The normalized spacial score (nSPS) is 22.1. The summed E-state index contributed by atoms with van der Waals surface area (Å²) in [6.07, 6.45) is 1.09. The molecule has 0 radical (unpaired) electrons. The van der Waals surface area contributed by atoms with Gasteiger partial charge in [0.05, 0.1) is 8.68 Å². The van der Waals surface area contributed by atoms with Crippen LogP contribution in [0.4, 0.5) is 0 Å². The van der Waals surface area contributed by atoms with Gasteiger partial charge in [-0.15, -0.1) is 11.3 Å². The predicted molar refractivity (Wildman–Crippen MR) is 86.6 cm³/mol. The molecule has 1 fully saturated rings. The second kappa shape index (κ2) is 5.88. The summed E-state index contributed by atoms with van der Waals surface area (Å²) in [5.41, 5.74) is 0. The van der Waals surface area contributed by atoms with Crippen molar-refractivity contribution in [3.05, 3.63) is 14.7 Å². The molecule has 10 heteroatoms. The van der Waals surface area contributed by atoms with Crippen molar-refractivity contribution >= 4 is 58.9 Å². The van der Waals surface area contributed by atoms with Gasteiger partial charge in [0.15, 0.2) is 9.84 Å². The molecule has 1 aromatic heterocycles. The topological polar surface area (TPSA) is 71.5 Å². The lowest BCUT2D eigenvalue weighted by molar-refractivity contribution is 0.405. The van der Waals surface area contributed by atoms with Crippen LogP contribution in [-0.2, 0) is 19.9 Å². The Kier molecular flexibility index (Phi) is 4.93. The maximum atomic E-state index is 12.7. The molecule has 0 aromatic carbocycles. The molecule has 0 N–H and O–H groups in total. The average molecular weight is 420 g/mol. The van der Waals surface area contributed by atoms with Crippen LogP contribution >= 0.6 is 39.0 Å². The van der Waals surface area contributed by atoms with E-state index in [0.717, 1.165) is 14.3 Å². The number of thiophene rings is 1. The molecule has 0 spiro atoms. The second-order valence-electron chi connectivity index (χ2n) is 4.45. The highest BCUT2D eigenvalue weighted by Gasteiger charge is 2.40. The molecule has 5 nitrogen and oxygen atoms in total. The fraction of sp³-hybridized carbons (Fsp3) is 0.600. The van der Waals surface area contributed by atoms with E-state index in [1.165, 1.54) is 29.2 Å². The van der Waals surface area contributed by atoms with Gasteiger partial charge in [0.1, 0.15) is 5.37 Å². The largest absolute Gasteiger partial charge is 0.245 e. The minimum absolute atomic E-state index is 0.190. The molecule has 2 rings (SSSR count). The first-order chi connectivity index (χ1) is 9.14. The zero-order chi connectivity index (χ0) is 15.1. The Morgan fingerprint density at radius 3 is 2.50 bits per heavy atom. The molecule has 1 saturated heterocycles. The molecule has 1 unspecified atom stereocenters. The molecule has 0 saturated carbocycles. The monoisotopic (exact) mass is 419 g/mol. The lowest BCUT2D eigenvalue weighted by Crippen LogP contribution is -2.49. The highest BCUT2D eigenvalue weighted by atomic mass is 79.9. The van der Waals surface area contributed by atoms with Gasteiger partial charge in [-0.2, -0.15) is 16.1 Å². The fourth-order valence-corrected chi connectivity index (χ4v) is 9.55. The van der Waals surface area contributed by atoms with Crippen LogP contribution in [0.15, 0.2) is 14.7 Å². The van der Waals surface area contributed by atoms with Crippen LogP contribution in [-0.4, -0.2) is 50.8 Å². The minimum atomic E-state index is -3.78. The minimum Gasteiger partial charge on any atom is -0.227 e. The van der Waals surface area contributed by atoms with Crippen molar-refractivity contribution in [3.63, 3.8) is 0 Å². The van der Waals surface area contributed by atoms with Gasteiger partial charge in [0.2, 0.25) is 10.0 Å². The van der Waals surface area contributed by atoms with Gasteiger partial charge >= 0.3 is 0 Å². The van der Waals surface area contributed by atoms with Gasteiger partial charge < -0.3 is 0 Å². The standard InChI is InChI=1S/C10H14BrNO4S4/c1-7-8(5-9(11)18-7)20(15,16)12-3-4-17-6-10(12)19(2,13)14/h5,10H,3-4,6H2,1-2H3. The number of sulfonamides is 1. The molecule has 0 bridgehead atoms. The maximum Gasteiger partial charge on any atom is 0.245 e. The summed E-state index contributed by atoms with van der Waals surface area (Å²) in [6.45, 7) is 1.94. The van der Waals surface area contributed by atoms with E-state index >= 15 is 0 Å². The van der Waals surface area contributed by atoms with Crippen LogP contribution in [0.25, 0.3) is 0 Å². The summed E-state index contributed by atoms with van der Waals surface area (Å²) in [5.74, 6) is 0.887. The zero-order valence-electron chi connectivity index (χ0n) is 10.9. The fourth-order valence-electron chi connectivity index (χ4n) is 1.99. The molecule has 114 valence electrons. The number of hydrogen-bond donors (Lipinski definition) is 0. The second-order valence-corrected chi connectivity index (χ2v) is 12.3. The summed E-state index contributed by atoms with van der Waals surface area (Å²) in [5, 5.41) is -0.982. The SMILES string of the molecule is Cc1sc(Br)cc1S(=O)(=O)N1CCSCC1S(C)(=O)=O. The number of rotatable bonds is 3. The van der Waals surface area contributed by atoms with Crippen molar-refractivity contribution < 1.29 is 16.8 Å². The van der Waals surface area contributed by atoms with E-state index in [1.807, 2.05) is 0 Å². The summed E-state index contributed by atoms with van der Waals surface area (Å²) >= 11 is 6.05. The van der Waals surface area contributed by atoms with Crippen molar-refractivity contribution in [1.82, 2.24) is 4.31 Å². The third-order valence-corrected chi connectivity index (χ3v) is 9.45. The first kappa shape index (κ1) is 16.8. The van der Waals surface area contributed by atoms with Gasteiger partial charge in [0, 0.05) is 29.2 Å². The van der Waals surface area contributed by atoms with E-state index in [-0.39, 0.29) is 17.2 Å². The summed E-state index contributed by atoms with van der Waals surface area (Å²) < 4.78 is 51.0. The third-order valence-electron chi connectivity index (χ3n) is 2.96. The van der Waals surface area contributed by atoms with Crippen molar-refractivity contribution in [2.75, 3.05) is 24.3 Å². The maximum absolute atomic E-state index is 12.7. The number of sulfone groups is 1. The lowest BCUT2D eigenvalue weighted by Gasteiger charge is -2.32. The predicted octanol–water partition coefficient (Wildman–Crippen LogP) is 1.93. The molecular weight excluding hydrogens is 406 g/mol. The first-order valence-electron chi connectivity index (χ1n) is 5.68. The van der Waals surface area contributed by atoms with E-state index in [0.29, 0.717) is 10.6 Å². The van der Waals surface area contributed by atoms with E-state index in [9.17, 15) is 16.8 Å². The van der Waals surface area contributed by atoms with Crippen LogP contribution in [0, 0.1) is 6.92 Å². The number of aryl methyl sites for hydroxylation is 1. The molecule has 1 aliphatic rings. The Balaban J connectivity index is 2.49. The quantitative estimate of drug-likeness (QED) is 0.747. The highest BCUT2D eigenvalue weighted by molar-refractivity contribution is 9.11. The van der Waals surface area contributed by atoms with Gasteiger partial charge in [0.25, 0.3) is 0 Å². The van der Waals surface area contributed by atoms with Crippen molar-refractivity contribution in [2.45, 2.75) is 17.2 Å². The van der Waals surface area contributed by atoms with Crippen molar-refractivity contribution in [3.8, 4) is 0 Å². The Morgan fingerprint density at radius 1 is 1.35 bits per heavy atom. The van der Waals surface area contributed by atoms with E-state index < -0.39 is 25.2 Å². The number of hydrogen-bond acceptors (Lipinski definition) is 6. The number of nitrogens with zero attached hydrogens (tertiary/aromatic N) is 1. The van der Waals surface area contributed by atoms with Gasteiger partial charge in [-0.3, -0.25) is 0 Å². The average Bonchev–Trinajstić information content (AvgIpc) is 2.68. The van der Waals surface area contributed by atoms with Crippen LogP contribution in [0.2, 0.25) is 0 Å². The Morgan fingerprint density at radius 2 is 2.00 bits per heavy atom. The van der Waals surface area contributed by atoms with Crippen LogP contribution in [0.1, 0.15) is 4.88 Å². The van der Waals surface area contributed by atoms with Gasteiger partial charge in [-0.1, -0.05) is 0 Å². The summed E-state index contributed by atoms with van der Waals surface area (Å²) in [4.78, 5) is 0.845. The smallest absolute Gasteiger partial charge is 0.227 e. The van der Waals surface area contributed by atoms with Gasteiger partial charge in [-0.05, 0) is 28.9 Å². The van der Waals surface area contributed by atoms with Crippen molar-refractivity contribution in [1.29, 1.82) is 0 Å². The molecule has 20 heavy (non-hydrogen) atoms. The Hall–Kier alpha value is 0.390. The van der Waals surface area contributed by atoms with Crippen LogP contribution < -0.4 is 0 Å². The van der Waals surface area contributed by atoms with E-state index in [4.69, 9.17) is 0 Å². The molecule has 0 amide bonds. The first-order valence-corrected chi connectivity index (χ1v) is 11.8. The van der Waals surface area contributed by atoms with Crippen LogP contribution in [0.5, 0.6) is 0 Å². The molecular formula is C10H14BrNO4S4. The molecule has 1 aromatic rings. The number of thioether (sulfide) groups is 1. The van der Waals surface area contributed by atoms with E-state index in [1.54, 1.807) is 6.92 Å². The third kappa shape index (κ3) is 3.25. The molecule has 1 aliphatic heterocycles. The highest BCUT2D eigenvalue weighted by Crippen LogP contribution is 2.34. The summed E-state index contributed by atoms with van der Waals surface area (Å²) in [6, 6.07) is 1.54.